The van der Waals surface area contributed by atoms with E-state index in [4.69, 9.17) is 4.74 Å². The van der Waals surface area contributed by atoms with Crippen LogP contribution in [-0.4, -0.2) is 40.7 Å². The van der Waals surface area contributed by atoms with Gasteiger partial charge in [-0.25, -0.2) is 4.39 Å². The average molecular weight is 438 g/mol. The molecule has 1 amide bonds. The number of carboxylic acids is 2. The standard InChI is InChI=1S/C23H32FNO6/c1-2-5-17(21(28)29)13-23(10-3-4-11-23)22(30)25-19(12-20(26)27)15-31-14-16-6-8-18(24)9-7-16/h6-9,17,19H,2-5,10-15H2,1H3,(H,25,30)(H,26,27)(H,28,29). The van der Waals surface area contributed by atoms with E-state index in [1.165, 1.54) is 12.1 Å². The van der Waals surface area contributed by atoms with Crippen molar-refractivity contribution in [2.24, 2.45) is 11.3 Å². The molecule has 2 unspecified atom stereocenters. The van der Waals surface area contributed by atoms with Crippen molar-refractivity contribution in [3.63, 3.8) is 0 Å². The van der Waals surface area contributed by atoms with Gasteiger partial charge in [0.25, 0.3) is 0 Å². The monoisotopic (exact) mass is 437 g/mol. The lowest BCUT2D eigenvalue weighted by molar-refractivity contribution is -0.144. The minimum Gasteiger partial charge on any atom is -0.481 e. The SMILES string of the molecule is CCCC(CC1(C(=O)NC(COCc2ccc(F)cc2)CC(=O)O)CCCC1)C(=O)O. The molecule has 3 N–H and O–H groups in total. The fourth-order valence-electron chi connectivity index (χ4n) is 4.31. The summed E-state index contributed by atoms with van der Waals surface area (Å²) in [5.74, 6) is -3.20. The molecule has 2 rings (SSSR count). The van der Waals surface area contributed by atoms with Crippen LogP contribution in [0.25, 0.3) is 0 Å². The highest BCUT2D eigenvalue weighted by atomic mass is 19.1. The molecular formula is C23H32FNO6. The van der Waals surface area contributed by atoms with Crippen molar-refractivity contribution < 1.29 is 33.7 Å². The van der Waals surface area contributed by atoms with E-state index in [-0.39, 0.29) is 37.8 Å². The number of carbonyl (C=O) groups is 3. The summed E-state index contributed by atoms with van der Waals surface area (Å²) in [6.45, 7) is 2.07. The zero-order valence-electron chi connectivity index (χ0n) is 17.9. The Morgan fingerprint density at radius 1 is 1.16 bits per heavy atom. The van der Waals surface area contributed by atoms with Crippen molar-refractivity contribution in [3.8, 4) is 0 Å². The van der Waals surface area contributed by atoms with Gasteiger partial charge in [0, 0.05) is 0 Å². The molecule has 0 spiro atoms. The molecule has 7 nitrogen and oxygen atoms in total. The molecule has 0 bridgehead atoms. The summed E-state index contributed by atoms with van der Waals surface area (Å²) < 4.78 is 18.6. The van der Waals surface area contributed by atoms with Crippen LogP contribution >= 0.6 is 0 Å². The summed E-state index contributed by atoms with van der Waals surface area (Å²) in [6.07, 6.45) is 4.07. The molecule has 1 aliphatic rings. The Hall–Kier alpha value is -2.48. The number of hydrogen-bond acceptors (Lipinski definition) is 4. The number of carbonyl (C=O) groups excluding carboxylic acids is 1. The first-order valence-corrected chi connectivity index (χ1v) is 10.8. The second-order valence-corrected chi connectivity index (χ2v) is 8.43. The maximum Gasteiger partial charge on any atom is 0.306 e. The van der Waals surface area contributed by atoms with Crippen LogP contribution in [0.2, 0.25) is 0 Å². The number of ether oxygens (including phenoxy) is 1. The molecule has 0 saturated heterocycles. The summed E-state index contributed by atoms with van der Waals surface area (Å²) in [7, 11) is 0. The highest BCUT2D eigenvalue weighted by molar-refractivity contribution is 5.84. The molecular weight excluding hydrogens is 405 g/mol. The lowest BCUT2D eigenvalue weighted by Gasteiger charge is -2.32. The summed E-state index contributed by atoms with van der Waals surface area (Å²) in [4.78, 5) is 36.1. The summed E-state index contributed by atoms with van der Waals surface area (Å²) in [5.41, 5.74) is -0.0516. The van der Waals surface area contributed by atoms with Gasteiger partial charge in [-0.15, -0.1) is 0 Å². The molecule has 1 saturated carbocycles. The molecule has 0 aromatic heterocycles. The maximum atomic E-state index is 13.2. The number of rotatable bonds is 13. The van der Waals surface area contributed by atoms with Crippen LogP contribution in [0, 0.1) is 17.2 Å². The molecule has 1 aromatic carbocycles. The Kier molecular flexibility index (Phi) is 9.43. The van der Waals surface area contributed by atoms with Crippen molar-refractivity contribution in [2.45, 2.75) is 70.9 Å². The Balaban J connectivity index is 2.02. The van der Waals surface area contributed by atoms with E-state index in [1.807, 2.05) is 6.92 Å². The predicted molar refractivity (Wildman–Crippen MR) is 112 cm³/mol. The van der Waals surface area contributed by atoms with Gasteiger partial charge in [0.05, 0.1) is 37.0 Å². The van der Waals surface area contributed by atoms with E-state index < -0.39 is 29.3 Å². The molecule has 2 atom stereocenters. The van der Waals surface area contributed by atoms with Crippen molar-refractivity contribution in [1.29, 1.82) is 0 Å². The number of nitrogens with one attached hydrogen (secondary N) is 1. The molecule has 1 aliphatic carbocycles. The molecule has 1 fully saturated rings. The van der Waals surface area contributed by atoms with E-state index in [1.54, 1.807) is 12.1 Å². The quantitative estimate of drug-likeness (QED) is 0.433. The number of hydrogen-bond donors (Lipinski definition) is 3. The maximum absolute atomic E-state index is 13.2. The summed E-state index contributed by atoms with van der Waals surface area (Å²) >= 11 is 0. The first-order chi connectivity index (χ1) is 14.8. The summed E-state index contributed by atoms with van der Waals surface area (Å²) in [6, 6.07) is 5.04. The minimum atomic E-state index is -1.06. The molecule has 0 radical (unpaired) electrons. The molecule has 1 aromatic rings. The van der Waals surface area contributed by atoms with Crippen molar-refractivity contribution in [3.05, 3.63) is 35.6 Å². The topological polar surface area (TPSA) is 113 Å². The molecule has 31 heavy (non-hydrogen) atoms. The lowest BCUT2D eigenvalue weighted by atomic mass is 9.75. The third-order valence-corrected chi connectivity index (χ3v) is 5.92. The Labute approximate surface area is 182 Å². The smallest absolute Gasteiger partial charge is 0.306 e. The average Bonchev–Trinajstić information content (AvgIpc) is 3.18. The zero-order chi connectivity index (χ0) is 22.9. The largest absolute Gasteiger partial charge is 0.481 e. The van der Waals surface area contributed by atoms with Crippen LogP contribution in [0.3, 0.4) is 0 Å². The Bertz CT molecular complexity index is 745. The van der Waals surface area contributed by atoms with Crippen LogP contribution in [0.15, 0.2) is 24.3 Å². The normalized spacial score (nSPS) is 17.1. The number of benzene rings is 1. The van der Waals surface area contributed by atoms with Gasteiger partial charge in [0.1, 0.15) is 5.82 Å². The fraction of sp³-hybridized carbons (Fsp3) is 0.609. The Morgan fingerprint density at radius 2 is 1.81 bits per heavy atom. The third kappa shape index (κ3) is 7.61. The van der Waals surface area contributed by atoms with Gasteiger partial charge in [-0.2, -0.15) is 0 Å². The van der Waals surface area contributed by atoms with Crippen molar-refractivity contribution >= 4 is 17.8 Å². The highest BCUT2D eigenvalue weighted by Crippen LogP contribution is 2.44. The lowest BCUT2D eigenvalue weighted by Crippen LogP contribution is -2.48. The van der Waals surface area contributed by atoms with E-state index in [0.717, 1.165) is 18.4 Å². The van der Waals surface area contributed by atoms with Crippen molar-refractivity contribution in [2.75, 3.05) is 6.61 Å². The van der Waals surface area contributed by atoms with Crippen molar-refractivity contribution in [1.82, 2.24) is 5.32 Å². The second kappa shape index (κ2) is 11.8. The van der Waals surface area contributed by atoms with E-state index >= 15 is 0 Å². The molecule has 172 valence electrons. The highest BCUT2D eigenvalue weighted by Gasteiger charge is 2.44. The number of amides is 1. The van der Waals surface area contributed by atoms with Crippen LogP contribution in [0.5, 0.6) is 0 Å². The molecule has 0 aliphatic heterocycles. The first kappa shape index (κ1) is 24.8. The minimum absolute atomic E-state index is 0.0111. The molecule has 8 heteroatoms. The van der Waals surface area contributed by atoms with Gasteiger partial charge >= 0.3 is 11.9 Å². The number of aliphatic carboxylic acids is 2. The van der Waals surface area contributed by atoms with Gasteiger partial charge in [-0.05, 0) is 43.4 Å². The van der Waals surface area contributed by atoms with Gasteiger partial charge in [-0.3, -0.25) is 14.4 Å². The number of carboxylic acid groups (broad SMARTS) is 2. The zero-order valence-corrected chi connectivity index (χ0v) is 17.9. The van der Waals surface area contributed by atoms with Crippen LogP contribution < -0.4 is 5.32 Å². The Morgan fingerprint density at radius 3 is 2.35 bits per heavy atom. The summed E-state index contributed by atoms with van der Waals surface area (Å²) in [5, 5.41) is 21.6. The van der Waals surface area contributed by atoms with E-state index in [2.05, 4.69) is 5.32 Å². The van der Waals surface area contributed by atoms with E-state index in [0.29, 0.717) is 25.7 Å². The van der Waals surface area contributed by atoms with Crippen LogP contribution in [0.1, 0.15) is 63.9 Å². The predicted octanol–water partition coefficient (Wildman–Crippen LogP) is 3.75. The van der Waals surface area contributed by atoms with Gasteiger partial charge in [-0.1, -0.05) is 38.3 Å². The molecule has 0 heterocycles. The van der Waals surface area contributed by atoms with E-state index in [9.17, 15) is 29.0 Å². The van der Waals surface area contributed by atoms with Gasteiger partial charge in [0.2, 0.25) is 5.91 Å². The fourth-order valence-corrected chi connectivity index (χ4v) is 4.31. The van der Waals surface area contributed by atoms with Gasteiger partial charge in [0.15, 0.2) is 0 Å². The third-order valence-electron chi connectivity index (χ3n) is 5.92. The van der Waals surface area contributed by atoms with Crippen LogP contribution in [-0.2, 0) is 25.7 Å². The van der Waals surface area contributed by atoms with Crippen LogP contribution in [0.4, 0.5) is 4.39 Å². The number of halogens is 1. The second-order valence-electron chi connectivity index (χ2n) is 8.43. The van der Waals surface area contributed by atoms with Gasteiger partial charge < -0.3 is 20.3 Å². The first-order valence-electron chi connectivity index (χ1n) is 10.8.